The first-order chi connectivity index (χ1) is 12.3. The molecule has 5 nitrogen and oxygen atoms in total. The van der Waals surface area contributed by atoms with E-state index in [9.17, 15) is 4.79 Å². The zero-order valence-corrected chi connectivity index (χ0v) is 13.5. The SMILES string of the molecule is O=C(N/N=C/c1ccncc1)c1ccccc1OCc1ccccc1. The van der Waals surface area contributed by atoms with Crippen molar-refractivity contribution >= 4 is 12.1 Å². The Hall–Kier alpha value is -3.47. The van der Waals surface area contributed by atoms with E-state index in [1.807, 2.05) is 36.4 Å². The number of hydrogen-bond donors (Lipinski definition) is 1. The van der Waals surface area contributed by atoms with Crippen molar-refractivity contribution < 1.29 is 9.53 Å². The van der Waals surface area contributed by atoms with E-state index < -0.39 is 0 Å². The van der Waals surface area contributed by atoms with E-state index in [1.54, 1.807) is 48.9 Å². The average Bonchev–Trinajstić information content (AvgIpc) is 2.68. The predicted molar refractivity (Wildman–Crippen MR) is 96.5 cm³/mol. The average molecular weight is 331 g/mol. The molecule has 0 radical (unpaired) electrons. The van der Waals surface area contributed by atoms with Gasteiger partial charge >= 0.3 is 0 Å². The molecule has 0 aliphatic rings. The fourth-order valence-corrected chi connectivity index (χ4v) is 2.19. The number of carbonyl (C=O) groups excluding carboxylic acids is 1. The van der Waals surface area contributed by atoms with Gasteiger partial charge in [0.2, 0.25) is 0 Å². The topological polar surface area (TPSA) is 63.6 Å². The summed E-state index contributed by atoms with van der Waals surface area (Å²) in [6, 6.07) is 20.5. The lowest BCUT2D eigenvalue weighted by Crippen LogP contribution is -2.18. The minimum Gasteiger partial charge on any atom is -0.488 e. The first-order valence-electron chi connectivity index (χ1n) is 7.82. The summed E-state index contributed by atoms with van der Waals surface area (Å²) in [5.41, 5.74) is 4.84. The van der Waals surface area contributed by atoms with Crippen molar-refractivity contribution in [2.45, 2.75) is 6.61 Å². The van der Waals surface area contributed by atoms with E-state index in [1.165, 1.54) is 0 Å². The van der Waals surface area contributed by atoms with E-state index in [-0.39, 0.29) is 5.91 Å². The van der Waals surface area contributed by atoms with Gasteiger partial charge in [0.1, 0.15) is 12.4 Å². The summed E-state index contributed by atoms with van der Waals surface area (Å²) >= 11 is 0. The molecule has 3 aromatic rings. The molecule has 1 heterocycles. The quantitative estimate of drug-likeness (QED) is 0.556. The molecule has 0 fully saturated rings. The molecule has 0 bridgehead atoms. The largest absolute Gasteiger partial charge is 0.488 e. The molecule has 3 rings (SSSR count). The van der Waals surface area contributed by atoms with Gasteiger partial charge in [-0.2, -0.15) is 5.10 Å². The lowest BCUT2D eigenvalue weighted by molar-refractivity contribution is 0.0950. The van der Waals surface area contributed by atoms with Crippen molar-refractivity contribution in [1.82, 2.24) is 10.4 Å². The normalized spacial score (nSPS) is 10.6. The third-order valence-corrected chi connectivity index (χ3v) is 3.45. The molecule has 2 aromatic carbocycles. The lowest BCUT2D eigenvalue weighted by atomic mass is 10.2. The number of nitrogens with one attached hydrogen (secondary N) is 1. The van der Waals surface area contributed by atoms with Crippen molar-refractivity contribution in [3.63, 3.8) is 0 Å². The van der Waals surface area contributed by atoms with Crippen LogP contribution in [-0.2, 0) is 6.61 Å². The van der Waals surface area contributed by atoms with Gasteiger partial charge < -0.3 is 4.74 Å². The van der Waals surface area contributed by atoms with Crippen LogP contribution in [0.4, 0.5) is 0 Å². The highest BCUT2D eigenvalue weighted by atomic mass is 16.5. The van der Waals surface area contributed by atoms with Gasteiger partial charge in [0.05, 0.1) is 11.8 Å². The van der Waals surface area contributed by atoms with E-state index in [4.69, 9.17) is 4.74 Å². The van der Waals surface area contributed by atoms with Crippen LogP contribution in [0.5, 0.6) is 5.75 Å². The molecular weight excluding hydrogens is 314 g/mol. The second-order valence-electron chi connectivity index (χ2n) is 5.25. The summed E-state index contributed by atoms with van der Waals surface area (Å²) in [5, 5.41) is 3.97. The van der Waals surface area contributed by atoms with E-state index in [0.717, 1.165) is 11.1 Å². The molecule has 0 aliphatic carbocycles. The van der Waals surface area contributed by atoms with Crippen molar-refractivity contribution in [2.75, 3.05) is 0 Å². The molecule has 124 valence electrons. The van der Waals surface area contributed by atoms with Gasteiger partial charge in [-0.05, 0) is 35.4 Å². The van der Waals surface area contributed by atoms with Gasteiger partial charge in [-0.15, -0.1) is 0 Å². The highest BCUT2D eigenvalue weighted by Gasteiger charge is 2.11. The Morgan fingerprint density at radius 3 is 2.52 bits per heavy atom. The number of carbonyl (C=O) groups is 1. The molecular formula is C20H17N3O2. The zero-order valence-electron chi connectivity index (χ0n) is 13.5. The monoisotopic (exact) mass is 331 g/mol. The fourth-order valence-electron chi connectivity index (χ4n) is 2.19. The maximum absolute atomic E-state index is 12.3. The van der Waals surface area contributed by atoms with Crippen LogP contribution in [0.2, 0.25) is 0 Å². The van der Waals surface area contributed by atoms with Crippen LogP contribution in [0.1, 0.15) is 21.5 Å². The second-order valence-corrected chi connectivity index (χ2v) is 5.25. The van der Waals surface area contributed by atoms with Crippen molar-refractivity contribution in [2.24, 2.45) is 5.10 Å². The van der Waals surface area contributed by atoms with Crippen LogP contribution in [0.3, 0.4) is 0 Å². The number of amides is 1. The van der Waals surface area contributed by atoms with Crippen molar-refractivity contribution in [3.05, 3.63) is 95.8 Å². The number of pyridine rings is 1. The lowest BCUT2D eigenvalue weighted by Gasteiger charge is -2.10. The highest BCUT2D eigenvalue weighted by Crippen LogP contribution is 2.19. The molecule has 1 N–H and O–H groups in total. The third kappa shape index (κ3) is 4.75. The third-order valence-electron chi connectivity index (χ3n) is 3.45. The Labute approximate surface area is 146 Å². The first-order valence-corrected chi connectivity index (χ1v) is 7.82. The van der Waals surface area contributed by atoms with Gasteiger partial charge in [0.25, 0.3) is 5.91 Å². The Balaban J connectivity index is 1.65. The number of hydrogen-bond acceptors (Lipinski definition) is 4. The standard InChI is InChI=1S/C20H17N3O2/c24-20(23-22-14-16-10-12-21-13-11-16)18-8-4-5-9-19(18)25-15-17-6-2-1-3-7-17/h1-14H,15H2,(H,23,24)/b22-14+. The molecule has 0 aliphatic heterocycles. The summed E-state index contributed by atoms with van der Waals surface area (Å²) in [6.07, 6.45) is 4.89. The van der Waals surface area contributed by atoms with E-state index in [2.05, 4.69) is 15.5 Å². The molecule has 5 heteroatoms. The van der Waals surface area contributed by atoms with Crippen LogP contribution >= 0.6 is 0 Å². The summed E-state index contributed by atoms with van der Waals surface area (Å²) in [4.78, 5) is 16.3. The number of benzene rings is 2. The van der Waals surface area contributed by atoms with Gasteiger partial charge in [-0.25, -0.2) is 5.43 Å². The summed E-state index contributed by atoms with van der Waals surface area (Å²) in [5.74, 6) is 0.192. The molecule has 0 spiro atoms. The second kappa shape index (κ2) is 8.40. The highest BCUT2D eigenvalue weighted by molar-refractivity contribution is 5.97. The number of aromatic nitrogens is 1. The smallest absolute Gasteiger partial charge is 0.275 e. The number of hydrazone groups is 1. The molecule has 0 unspecified atom stereocenters. The molecule has 0 saturated carbocycles. The van der Waals surface area contributed by atoms with Crippen LogP contribution in [0.15, 0.2) is 84.2 Å². The minimum absolute atomic E-state index is 0.325. The number of rotatable bonds is 6. The van der Waals surface area contributed by atoms with Gasteiger partial charge in [-0.3, -0.25) is 9.78 Å². The van der Waals surface area contributed by atoms with Gasteiger partial charge in [0, 0.05) is 12.4 Å². The summed E-state index contributed by atoms with van der Waals surface area (Å²) < 4.78 is 5.79. The number of para-hydroxylation sites is 1. The Morgan fingerprint density at radius 2 is 1.72 bits per heavy atom. The van der Waals surface area contributed by atoms with Crippen LogP contribution < -0.4 is 10.2 Å². The first kappa shape index (κ1) is 16.4. The molecule has 0 saturated heterocycles. The zero-order chi connectivity index (χ0) is 17.3. The molecule has 25 heavy (non-hydrogen) atoms. The minimum atomic E-state index is -0.325. The Morgan fingerprint density at radius 1 is 1.00 bits per heavy atom. The van der Waals surface area contributed by atoms with Crippen LogP contribution in [0, 0.1) is 0 Å². The maximum atomic E-state index is 12.3. The van der Waals surface area contributed by atoms with Gasteiger partial charge in [0.15, 0.2) is 0 Å². The van der Waals surface area contributed by atoms with E-state index in [0.29, 0.717) is 17.9 Å². The van der Waals surface area contributed by atoms with Gasteiger partial charge in [-0.1, -0.05) is 42.5 Å². The molecule has 1 amide bonds. The summed E-state index contributed by atoms with van der Waals surface area (Å²) in [7, 11) is 0. The molecule has 0 atom stereocenters. The van der Waals surface area contributed by atoms with E-state index >= 15 is 0 Å². The Bertz CT molecular complexity index is 849. The Kier molecular flexibility index (Phi) is 5.51. The predicted octanol–water partition coefficient (Wildman–Crippen LogP) is 3.42. The summed E-state index contributed by atoms with van der Waals surface area (Å²) in [6.45, 7) is 0.394. The fraction of sp³-hybridized carbons (Fsp3) is 0.0500. The maximum Gasteiger partial charge on any atom is 0.275 e. The van der Waals surface area contributed by atoms with Crippen molar-refractivity contribution in [3.8, 4) is 5.75 Å². The number of nitrogens with zero attached hydrogens (tertiary/aromatic N) is 2. The van der Waals surface area contributed by atoms with Crippen LogP contribution in [-0.4, -0.2) is 17.1 Å². The number of ether oxygens (including phenoxy) is 1. The molecule has 1 aromatic heterocycles. The van der Waals surface area contributed by atoms with Crippen LogP contribution in [0.25, 0.3) is 0 Å². The van der Waals surface area contributed by atoms with Crippen molar-refractivity contribution in [1.29, 1.82) is 0 Å².